The largest absolute Gasteiger partial charge is 0.317 e. The summed E-state index contributed by atoms with van der Waals surface area (Å²) in [5.74, 6) is 1.41. The Kier molecular flexibility index (Phi) is 3.38. The van der Waals surface area contributed by atoms with Gasteiger partial charge >= 0.3 is 0 Å². The van der Waals surface area contributed by atoms with Gasteiger partial charge in [0.1, 0.15) is 0 Å². The molecule has 1 saturated heterocycles. The van der Waals surface area contributed by atoms with Gasteiger partial charge in [-0.1, -0.05) is 22.0 Å². The van der Waals surface area contributed by atoms with Crippen LogP contribution in [0.3, 0.4) is 0 Å². The van der Waals surface area contributed by atoms with E-state index >= 15 is 0 Å². The van der Waals surface area contributed by atoms with E-state index in [1.807, 2.05) is 28.9 Å². The molecule has 0 bridgehead atoms. The molecule has 1 aromatic carbocycles. The van der Waals surface area contributed by atoms with Gasteiger partial charge in [-0.3, -0.25) is 0 Å². The summed E-state index contributed by atoms with van der Waals surface area (Å²) < 4.78 is 2.88. The van der Waals surface area contributed by atoms with Gasteiger partial charge in [0.15, 0.2) is 5.82 Å². The molecule has 1 aromatic heterocycles. The summed E-state index contributed by atoms with van der Waals surface area (Å²) in [6.45, 7) is 2.08. The molecule has 0 radical (unpaired) electrons. The van der Waals surface area contributed by atoms with Gasteiger partial charge in [0, 0.05) is 10.4 Å². The summed E-state index contributed by atoms with van der Waals surface area (Å²) in [7, 11) is 0. The van der Waals surface area contributed by atoms with Crippen LogP contribution < -0.4 is 5.32 Å². The van der Waals surface area contributed by atoms with Gasteiger partial charge in [-0.05, 0) is 54.6 Å². The molecule has 1 fully saturated rings. The van der Waals surface area contributed by atoms with E-state index < -0.39 is 0 Å². The van der Waals surface area contributed by atoms with Crippen LogP contribution in [0.1, 0.15) is 24.6 Å². The first-order chi connectivity index (χ1) is 8.84. The Hall–Kier alpha value is -1.27. The molecular formula is C12H14BrN5. The smallest absolute Gasteiger partial charge is 0.159 e. The van der Waals surface area contributed by atoms with Crippen LogP contribution in [0.5, 0.6) is 0 Å². The number of piperidine rings is 1. The van der Waals surface area contributed by atoms with Gasteiger partial charge in [0.2, 0.25) is 0 Å². The van der Waals surface area contributed by atoms with Crippen LogP contribution in [0, 0.1) is 0 Å². The lowest BCUT2D eigenvalue weighted by atomic mass is 9.97. The van der Waals surface area contributed by atoms with Crippen molar-refractivity contribution < 1.29 is 0 Å². The van der Waals surface area contributed by atoms with Crippen LogP contribution >= 0.6 is 15.9 Å². The average molecular weight is 308 g/mol. The molecule has 0 unspecified atom stereocenters. The molecule has 6 heteroatoms. The number of hydrogen-bond donors (Lipinski definition) is 1. The van der Waals surface area contributed by atoms with E-state index in [2.05, 4.69) is 36.8 Å². The summed E-state index contributed by atoms with van der Waals surface area (Å²) >= 11 is 3.48. The Morgan fingerprint density at radius 2 is 2.11 bits per heavy atom. The third-order valence-corrected chi connectivity index (χ3v) is 3.74. The van der Waals surface area contributed by atoms with Gasteiger partial charge in [-0.2, -0.15) is 4.68 Å². The molecule has 1 N–H and O–H groups in total. The number of rotatable bonds is 2. The molecule has 0 atom stereocenters. The zero-order chi connectivity index (χ0) is 12.4. The van der Waals surface area contributed by atoms with E-state index in [4.69, 9.17) is 0 Å². The Morgan fingerprint density at radius 1 is 1.28 bits per heavy atom. The normalized spacial score (nSPS) is 16.9. The average Bonchev–Trinajstić information content (AvgIpc) is 2.89. The van der Waals surface area contributed by atoms with Gasteiger partial charge in [-0.25, -0.2) is 0 Å². The van der Waals surface area contributed by atoms with Crippen molar-refractivity contribution in [3.8, 4) is 5.69 Å². The Morgan fingerprint density at radius 3 is 2.89 bits per heavy atom. The number of nitrogens with one attached hydrogen (secondary N) is 1. The molecule has 5 nitrogen and oxygen atoms in total. The number of aromatic nitrogens is 4. The van der Waals surface area contributed by atoms with Gasteiger partial charge in [0.25, 0.3) is 0 Å². The molecule has 0 amide bonds. The summed E-state index contributed by atoms with van der Waals surface area (Å²) in [5, 5.41) is 15.5. The second kappa shape index (κ2) is 5.16. The molecule has 0 spiro atoms. The molecule has 2 heterocycles. The highest BCUT2D eigenvalue weighted by molar-refractivity contribution is 9.10. The van der Waals surface area contributed by atoms with Crippen molar-refractivity contribution in [2.75, 3.05) is 13.1 Å². The maximum Gasteiger partial charge on any atom is 0.159 e. The van der Waals surface area contributed by atoms with E-state index in [1.165, 1.54) is 0 Å². The predicted molar refractivity (Wildman–Crippen MR) is 71.7 cm³/mol. The SMILES string of the molecule is Brc1cccc(-n2nnnc2C2CCNCC2)c1. The summed E-state index contributed by atoms with van der Waals surface area (Å²) in [6.07, 6.45) is 2.18. The monoisotopic (exact) mass is 307 g/mol. The maximum atomic E-state index is 4.20. The highest BCUT2D eigenvalue weighted by Gasteiger charge is 2.22. The summed E-state index contributed by atoms with van der Waals surface area (Å²) in [4.78, 5) is 0. The molecule has 0 aliphatic carbocycles. The number of hydrogen-bond acceptors (Lipinski definition) is 4. The first-order valence-electron chi connectivity index (χ1n) is 6.09. The molecular weight excluding hydrogens is 294 g/mol. The number of tetrazole rings is 1. The van der Waals surface area contributed by atoms with E-state index in [9.17, 15) is 0 Å². The van der Waals surface area contributed by atoms with Crippen molar-refractivity contribution in [1.29, 1.82) is 0 Å². The fraction of sp³-hybridized carbons (Fsp3) is 0.417. The Labute approximate surface area is 114 Å². The Bertz CT molecular complexity index is 533. The van der Waals surface area contributed by atoms with Crippen LogP contribution in [0.4, 0.5) is 0 Å². The van der Waals surface area contributed by atoms with E-state index in [1.54, 1.807) is 0 Å². The first kappa shape index (κ1) is 11.8. The fourth-order valence-electron chi connectivity index (χ4n) is 2.32. The quantitative estimate of drug-likeness (QED) is 0.920. The van der Waals surface area contributed by atoms with E-state index in [0.717, 1.165) is 41.9 Å². The Balaban J connectivity index is 1.95. The van der Waals surface area contributed by atoms with Gasteiger partial charge in [-0.15, -0.1) is 5.10 Å². The topological polar surface area (TPSA) is 55.6 Å². The van der Waals surface area contributed by atoms with Crippen molar-refractivity contribution in [3.63, 3.8) is 0 Å². The number of halogens is 1. The van der Waals surface area contributed by atoms with E-state index in [0.29, 0.717) is 5.92 Å². The summed E-state index contributed by atoms with van der Waals surface area (Å²) in [6, 6.07) is 8.04. The molecule has 2 aromatic rings. The molecule has 1 aliphatic heterocycles. The van der Waals surface area contributed by atoms with Crippen LogP contribution in [-0.4, -0.2) is 33.3 Å². The van der Waals surface area contributed by atoms with Crippen molar-refractivity contribution in [2.24, 2.45) is 0 Å². The molecule has 0 saturated carbocycles. The molecule has 3 rings (SSSR count). The maximum absolute atomic E-state index is 4.20. The second-order valence-electron chi connectivity index (χ2n) is 4.45. The third-order valence-electron chi connectivity index (χ3n) is 3.25. The number of nitrogens with zero attached hydrogens (tertiary/aromatic N) is 4. The minimum absolute atomic E-state index is 0.445. The van der Waals surface area contributed by atoms with Crippen molar-refractivity contribution in [3.05, 3.63) is 34.6 Å². The van der Waals surface area contributed by atoms with Crippen molar-refractivity contribution >= 4 is 15.9 Å². The minimum Gasteiger partial charge on any atom is -0.317 e. The highest BCUT2D eigenvalue weighted by Crippen LogP contribution is 2.25. The highest BCUT2D eigenvalue weighted by atomic mass is 79.9. The van der Waals surface area contributed by atoms with Gasteiger partial charge < -0.3 is 5.32 Å². The second-order valence-corrected chi connectivity index (χ2v) is 5.37. The van der Waals surface area contributed by atoms with Crippen molar-refractivity contribution in [2.45, 2.75) is 18.8 Å². The lowest BCUT2D eigenvalue weighted by molar-refractivity contribution is 0.438. The third kappa shape index (κ3) is 2.30. The van der Waals surface area contributed by atoms with Crippen molar-refractivity contribution in [1.82, 2.24) is 25.5 Å². The lowest BCUT2D eigenvalue weighted by Crippen LogP contribution is -2.28. The van der Waals surface area contributed by atoms with Crippen LogP contribution in [0.25, 0.3) is 5.69 Å². The first-order valence-corrected chi connectivity index (χ1v) is 6.89. The standard InChI is InChI=1S/C12H14BrN5/c13-10-2-1-3-11(8-10)18-12(15-16-17-18)9-4-6-14-7-5-9/h1-3,8-9,14H,4-7H2. The van der Waals surface area contributed by atoms with Crippen LogP contribution in [-0.2, 0) is 0 Å². The minimum atomic E-state index is 0.445. The van der Waals surface area contributed by atoms with Crippen LogP contribution in [0.2, 0.25) is 0 Å². The number of benzene rings is 1. The lowest BCUT2D eigenvalue weighted by Gasteiger charge is -2.21. The predicted octanol–water partition coefficient (Wildman–Crippen LogP) is 1.89. The van der Waals surface area contributed by atoms with Gasteiger partial charge in [0.05, 0.1) is 5.69 Å². The fourth-order valence-corrected chi connectivity index (χ4v) is 2.71. The molecule has 18 heavy (non-hydrogen) atoms. The zero-order valence-electron chi connectivity index (χ0n) is 9.88. The van der Waals surface area contributed by atoms with Crippen LogP contribution in [0.15, 0.2) is 28.7 Å². The molecule has 94 valence electrons. The van der Waals surface area contributed by atoms with E-state index in [-0.39, 0.29) is 0 Å². The zero-order valence-corrected chi connectivity index (χ0v) is 11.5. The molecule has 1 aliphatic rings. The summed E-state index contributed by atoms with van der Waals surface area (Å²) in [5.41, 5.74) is 1.00.